The quantitative estimate of drug-likeness (QED) is 0.126. The molecule has 1 aromatic carbocycles. The summed E-state index contributed by atoms with van der Waals surface area (Å²) in [4.78, 5) is 53.2. The fraction of sp³-hybridized carbons (Fsp3) is 0.276. The Kier molecular flexibility index (Phi) is 9.82. The monoisotopic (exact) mass is 603 g/mol. The largest absolute Gasteiger partial charge is 0.478 e. The molecule has 14 heteroatoms. The third-order valence-electron chi connectivity index (χ3n) is 6.24. The molecular formula is C29H29N7O6S. The topological polar surface area (TPSA) is 174 Å². The van der Waals surface area contributed by atoms with Crippen LogP contribution in [-0.4, -0.2) is 55.2 Å². The van der Waals surface area contributed by atoms with E-state index in [0.29, 0.717) is 46.9 Å². The fourth-order valence-electron chi connectivity index (χ4n) is 4.12. The number of aromatic amines is 2. The summed E-state index contributed by atoms with van der Waals surface area (Å²) in [6, 6.07) is 10.5. The number of carbonyl (C=O) groups is 2. The van der Waals surface area contributed by atoms with Gasteiger partial charge in [0, 0.05) is 30.8 Å². The van der Waals surface area contributed by atoms with Gasteiger partial charge in [-0.2, -0.15) is 5.10 Å². The number of amides is 1. The Morgan fingerprint density at radius 3 is 2.72 bits per heavy atom. The first kappa shape index (κ1) is 29.5. The van der Waals surface area contributed by atoms with E-state index in [9.17, 15) is 14.4 Å². The van der Waals surface area contributed by atoms with Crippen molar-refractivity contribution in [2.45, 2.75) is 39.5 Å². The van der Waals surface area contributed by atoms with Crippen molar-refractivity contribution in [3.63, 3.8) is 0 Å². The van der Waals surface area contributed by atoms with Crippen LogP contribution in [0.15, 0.2) is 59.1 Å². The van der Waals surface area contributed by atoms with E-state index < -0.39 is 11.5 Å². The van der Waals surface area contributed by atoms with Crippen LogP contribution >= 0.6 is 11.3 Å². The number of esters is 1. The zero-order chi connectivity index (χ0) is 30.0. The standard InChI is InChI=1S/C29H29N7O6S/c1-2-41-29(39)20-7-5-18(6-8-20)14-40-15-21-16-43-28-24(21)26(37)34-25(35-28)27(38)31-13-19-9-10-30-23(12-19)42-11-3-4-22-32-17-33-36-22/h5-10,12,16-17H,2-4,11,13-15H2,1H3,(H,31,38)(H,32,33,36)(H,34,35,37). The molecule has 43 heavy (non-hydrogen) atoms. The van der Waals surface area contributed by atoms with Crippen LogP contribution in [0.3, 0.4) is 0 Å². The van der Waals surface area contributed by atoms with Crippen LogP contribution in [0.5, 0.6) is 5.88 Å². The molecule has 0 radical (unpaired) electrons. The lowest BCUT2D eigenvalue weighted by atomic mass is 10.1. The van der Waals surface area contributed by atoms with Crippen LogP contribution in [0.2, 0.25) is 0 Å². The van der Waals surface area contributed by atoms with Crippen molar-refractivity contribution in [2.75, 3.05) is 13.2 Å². The minimum absolute atomic E-state index is 0.0778. The van der Waals surface area contributed by atoms with Gasteiger partial charge in [-0.05, 0) is 48.1 Å². The van der Waals surface area contributed by atoms with E-state index in [1.807, 2.05) is 0 Å². The van der Waals surface area contributed by atoms with Crippen LogP contribution in [0.25, 0.3) is 10.2 Å². The maximum atomic E-state index is 12.9. The molecule has 0 atom stereocenters. The summed E-state index contributed by atoms with van der Waals surface area (Å²) in [7, 11) is 0. The number of rotatable bonds is 14. The van der Waals surface area contributed by atoms with Gasteiger partial charge < -0.3 is 24.5 Å². The molecule has 5 aromatic rings. The SMILES string of the molecule is CCOC(=O)c1ccc(COCc2csc3nc(C(=O)NCc4ccnc(OCCCc5nc[nH]n5)c4)[nH]c(=O)c23)cc1. The first-order valence-corrected chi connectivity index (χ1v) is 14.4. The Morgan fingerprint density at radius 1 is 1.07 bits per heavy atom. The van der Waals surface area contributed by atoms with Crippen molar-refractivity contribution in [1.29, 1.82) is 0 Å². The van der Waals surface area contributed by atoms with Gasteiger partial charge in [-0.1, -0.05) is 12.1 Å². The number of fused-ring (bicyclic) bond motifs is 1. The third-order valence-corrected chi connectivity index (χ3v) is 7.16. The minimum Gasteiger partial charge on any atom is -0.478 e. The average Bonchev–Trinajstić information content (AvgIpc) is 3.69. The number of carbonyl (C=O) groups excluding carboxylic acids is 2. The van der Waals surface area contributed by atoms with Crippen molar-refractivity contribution in [1.82, 2.24) is 35.5 Å². The number of thiophene rings is 1. The molecule has 0 spiro atoms. The number of pyridine rings is 1. The van der Waals surface area contributed by atoms with Crippen molar-refractivity contribution < 1.29 is 23.8 Å². The second-order valence-electron chi connectivity index (χ2n) is 9.32. The van der Waals surface area contributed by atoms with Gasteiger partial charge in [0.25, 0.3) is 11.5 Å². The number of benzene rings is 1. The maximum absolute atomic E-state index is 12.9. The highest BCUT2D eigenvalue weighted by molar-refractivity contribution is 7.16. The maximum Gasteiger partial charge on any atom is 0.338 e. The number of aryl methyl sites for hydroxylation is 1. The molecule has 0 aliphatic carbocycles. The molecule has 0 aliphatic heterocycles. The Balaban J connectivity index is 1.12. The lowest BCUT2D eigenvalue weighted by Crippen LogP contribution is -2.27. The first-order chi connectivity index (χ1) is 21.0. The third kappa shape index (κ3) is 7.87. The predicted octanol–water partition coefficient (Wildman–Crippen LogP) is 3.33. The summed E-state index contributed by atoms with van der Waals surface area (Å²) < 4.78 is 16.5. The summed E-state index contributed by atoms with van der Waals surface area (Å²) in [5.41, 5.74) is 2.38. The number of nitrogens with zero attached hydrogens (tertiary/aromatic N) is 4. The van der Waals surface area contributed by atoms with Gasteiger partial charge in [0.05, 0.1) is 37.4 Å². The molecule has 1 amide bonds. The molecule has 13 nitrogen and oxygen atoms in total. The fourth-order valence-corrected chi connectivity index (χ4v) is 5.04. The highest BCUT2D eigenvalue weighted by Crippen LogP contribution is 2.22. The molecule has 0 bridgehead atoms. The van der Waals surface area contributed by atoms with E-state index in [0.717, 1.165) is 23.4 Å². The molecule has 3 N–H and O–H groups in total. The number of hydrogen-bond donors (Lipinski definition) is 3. The number of H-pyrrole nitrogens is 2. The summed E-state index contributed by atoms with van der Waals surface area (Å²) in [5, 5.41) is 11.6. The van der Waals surface area contributed by atoms with Crippen LogP contribution in [-0.2, 0) is 35.7 Å². The summed E-state index contributed by atoms with van der Waals surface area (Å²) >= 11 is 1.26. The van der Waals surface area contributed by atoms with E-state index in [2.05, 4.69) is 35.5 Å². The van der Waals surface area contributed by atoms with Gasteiger partial charge in [0.2, 0.25) is 11.7 Å². The first-order valence-electron chi connectivity index (χ1n) is 13.5. The minimum atomic E-state index is -0.512. The number of hydrogen-bond acceptors (Lipinski definition) is 11. The van der Waals surface area contributed by atoms with Gasteiger partial charge in [-0.15, -0.1) is 11.3 Å². The summed E-state index contributed by atoms with van der Waals surface area (Å²) in [6.45, 7) is 3.18. The van der Waals surface area contributed by atoms with Gasteiger partial charge in [-0.3, -0.25) is 14.7 Å². The van der Waals surface area contributed by atoms with Gasteiger partial charge in [0.1, 0.15) is 17.0 Å². The smallest absolute Gasteiger partial charge is 0.338 e. The second kappa shape index (κ2) is 14.3. The van der Waals surface area contributed by atoms with Crippen molar-refractivity contribution in [3.05, 3.63) is 98.6 Å². The van der Waals surface area contributed by atoms with Crippen molar-refractivity contribution >= 4 is 33.4 Å². The van der Waals surface area contributed by atoms with Crippen LogP contribution in [0.4, 0.5) is 0 Å². The Labute approximate surface area is 249 Å². The molecule has 0 unspecified atom stereocenters. The highest BCUT2D eigenvalue weighted by Gasteiger charge is 2.16. The van der Waals surface area contributed by atoms with Crippen LogP contribution < -0.4 is 15.6 Å². The molecule has 4 heterocycles. The van der Waals surface area contributed by atoms with E-state index in [1.165, 1.54) is 17.7 Å². The number of aromatic nitrogens is 6. The zero-order valence-electron chi connectivity index (χ0n) is 23.3. The van der Waals surface area contributed by atoms with Crippen LogP contribution in [0, 0.1) is 0 Å². The molecule has 0 saturated carbocycles. The zero-order valence-corrected chi connectivity index (χ0v) is 24.1. The predicted molar refractivity (Wildman–Crippen MR) is 157 cm³/mol. The lowest BCUT2D eigenvalue weighted by molar-refractivity contribution is 0.0526. The van der Waals surface area contributed by atoms with Gasteiger partial charge >= 0.3 is 5.97 Å². The summed E-state index contributed by atoms with van der Waals surface area (Å²) in [5.74, 6) is 0.202. The molecule has 222 valence electrons. The Morgan fingerprint density at radius 2 is 1.93 bits per heavy atom. The Bertz CT molecular complexity index is 1730. The average molecular weight is 604 g/mol. The molecule has 0 saturated heterocycles. The normalized spacial score (nSPS) is 11.0. The van der Waals surface area contributed by atoms with Crippen LogP contribution in [0.1, 0.15) is 56.8 Å². The molecule has 4 aromatic heterocycles. The number of nitrogens with one attached hydrogen (secondary N) is 3. The highest BCUT2D eigenvalue weighted by atomic mass is 32.1. The van der Waals surface area contributed by atoms with Crippen molar-refractivity contribution in [3.8, 4) is 5.88 Å². The van der Waals surface area contributed by atoms with E-state index in [4.69, 9.17) is 14.2 Å². The van der Waals surface area contributed by atoms with Gasteiger partial charge in [-0.25, -0.2) is 19.7 Å². The number of ether oxygens (including phenoxy) is 3. The molecule has 0 aliphatic rings. The van der Waals surface area contributed by atoms with E-state index in [-0.39, 0.29) is 31.6 Å². The summed E-state index contributed by atoms with van der Waals surface area (Å²) in [6.07, 6.45) is 4.55. The lowest BCUT2D eigenvalue weighted by Gasteiger charge is -2.08. The van der Waals surface area contributed by atoms with Gasteiger partial charge in [0.15, 0.2) is 0 Å². The van der Waals surface area contributed by atoms with E-state index in [1.54, 1.807) is 54.9 Å². The van der Waals surface area contributed by atoms with Crippen molar-refractivity contribution in [2.24, 2.45) is 0 Å². The second-order valence-corrected chi connectivity index (χ2v) is 10.2. The molecule has 0 fully saturated rings. The molecule has 5 rings (SSSR count). The van der Waals surface area contributed by atoms with E-state index >= 15 is 0 Å². The Hall–Kier alpha value is -4.95. The molecular weight excluding hydrogens is 574 g/mol.